The Morgan fingerprint density at radius 3 is 2.06 bits per heavy atom. The molecule has 1 aliphatic rings. The second-order valence-electron chi connectivity index (χ2n) is 12.9. The molecule has 10 rings (SSSR count). The number of hydrogen-bond acceptors (Lipinski definition) is 2. The molecule has 2 heterocycles. The van der Waals surface area contributed by atoms with E-state index in [0.29, 0.717) is 0 Å². The van der Waals surface area contributed by atoms with Crippen molar-refractivity contribution in [3.8, 4) is 11.1 Å². The van der Waals surface area contributed by atoms with Crippen LogP contribution in [0.5, 0.6) is 0 Å². The van der Waals surface area contributed by atoms with Crippen molar-refractivity contribution < 1.29 is 0 Å². The molecule has 1 atom stereocenters. The van der Waals surface area contributed by atoms with Gasteiger partial charge in [-0.1, -0.05) is 127 Å². The lowest BCUT2D eigenvalue weighted by molar-refractivity contribution is 0.784. The summed E-state index contributed by atoms with van der Waals surface area (Å²) in [7, 11) is 0. The van der Waals surface area contributed by atoms with Gasteiger partial charge in [0.15, 0.2) is 0 Å². The summed E-state index contributed by atoms with van der Waals surface area (Å²) < 4.78 is 5.13. The molecule has 0 aliphatic heterocycles. The van der Waals surface area contributed by atoms with Crippen LogP contribution in [0.25, 0.3) is 69.6 Å². The zero-order chi connectivity index (χ0) is 32.3. The zero-order valence-electron chi connectivity index (χ0n) is 26.8. The molecule has 1 unspecified atom stereocenters. The molecule has 0 bridgehead atoms. The van der Waals surface area contributed by atoms with E-state index in [1.54, 1.807) is 0 Å². The Morgan fingerprint density at radius 1 is 0.531 bits per heavy atom. The molecule has 9 aromatic rings. The first-order valence-corrected chi connectivity index (χ1v) is 17.8. The van der Waals surface area contributed by atoms with Crippen molar-refractivity contribution >= 4 is 81.2 Å². The topological polar surface area (TPSA) is 8.17 Å². The molecule has 3 heteroatoms. The highest BCUT2D eigenvalue weighted by atomic mass is 32.1. The van der Waals surface area contributed by atoms with Crippen molar-refractivity contribution in [1.82, 2.24) is 4.57 Å². The van der Waals surface area contributed by atoms with E-state index < -0.39 is 0 Å². The molecule has 0 N–H and O–H groups in total. The first-order chi connectivity index (χ1) is 24.3. The Labute approximate surface area is 289 Å². The number of rotatable bonds is 5. The van der Waals surface area contributed by atoms with E-state index in [1.807, 2.05) is 11.3 Å². The van der Waals surface area contributed by atoms with Crippen LogP contribution in [-0.4, -0.2) is 10.6 Å². The standard InChI is InChI=1S/C46H32N2S/c1-2-10-31(11-3-1)32-18-21-34(22-19-32)47(37-27-29-45-42(30-37)40-15-7-9-17-44(40)49-45)35-23-25-36(26-24-35)48-43-16-8-6-14-39(43)41-28-20-33-12-4-5-13-38(33)46(41)48/h1-23,25-30,35H,24H2. The van der Waals surface area contributed by atoms with Gasteiger partial charge in [-0.3, -0.25) is 0 Å². The summed E-state index contributed by atoms with van der Waals surface area (Å²) in [6.07, 6.45) is 8.06. The highest BCUT2D eigenvalue weighted by Gasteiger charge is 2.23. The molecule has 0 spiro atoms. The van der Waals surface area contributed by atoms with Crippen molar-refractivity contribution in [2.24, 2.45) is 0 Å². The highest BCUT2D eigenvalue weighted by molar-refractivity contribution is 7.25. The Hall–Kier alpha value is -5.90. The van der Waals surface area contributed by atoms with E-state index in [1.165, 1.54) is 80.9 Å². The third-order valence-corrected chi connectivity index (χ3v) is 11.2. The van der Waals surface area contributed by atoms with Crippen molar-refractivity contribution in [3.63, 3.8) is 0 Å². The lowest BCUT2D eigenvalue weighted by Crippen LogP contribution is -2.30. The van der Waals surface area contributed by atoms with Crippen molar-refractivity contribution in [2.45, 2.75) is 12.5 Å². The van der Waals surface area contributed by atoms with Gasteiger partial charge in [-0.05, 0) is 71.5 Å². The second-order valence-corrected chi connectivity index (χ2v) is 14.0. The zero-order valence-corrected chi connectivity index (χ0v) is 27.6. The SMILES string of the molecule is C1=CC(N(c2ccc(-c3ccccc3)cc2)c2ccc3sc4ccccc4c3c2)CC=C1n1c2ccccc2c2ccc3ccccc3c21. The highest BCUT2D eigenvalue weighted by Crippen LogP contribution is 2.41. The molecule has 0 amide bonds. The lowest BCUT2D eigenvalue weighted by atomic mass is 10.0. The fraction of sp³-hybridized carbons (Fsp3) is 0.0435. The molecule has 49 heavy (non-hydrogen) atoms. The third-order valence-electron chi connectivity index (χ3n) is 10.1. The minimum atomic E-state index is 0.151. The van der Waals surface area contributed by atoms with Gasteiger partial charge in [0.2, 0.25) is 0 Å². The maximum absolute atomic E-state index is 2.52. The number of thiophene rings is 1. The fourth-order valence-electron chi connectivity index (χ4n) is 7.79. The Bertz CT molecular complexity index is 2750. The van der Waals surface area contributed by atoms with Crippen LogP contribution in [0.3, 0.4) is 0 Å². The third kappa shape index (κ3) is 4.62. The van der Waals surface area contributed by atoms with Gasteiger partial charge in [0.1, 0.15) is 0 Å². The van der Waals surface area contributed by atoms with E-state index in [2.05, 4.69) is 185 Å². The Morgan fingerprint density at radius 2 is 1.22 bits per heavy atom. The van der Waals surface area contributed by atoms with Crippen LogP contribution in [0.2, 0.25) is 0 Å². The molecular weight excluding hydrogens is 613 g/mol. The summed E-state index contributed by atoms with van der Waals surface area (Å²) in [6, 6.07) is 57.7. The minimum absolute atomic E-state index is 0.151. The van der Waals surface area contributed by atoms with Crippen LogP contribution in [0.4, 0.5) is 11.4 Å². The lowest BCUT2D eigenvalue weighted by Gasteiger charge is -2.33. The van der Waals surface area contributed by atoms with Gasteiger partial charge in [-0.15, -0.1) is 11.3 Å². The molecule has 0 fully saturated rings. The molecule has 0 saturated carbocycles. The Balaban J connectivity index is 1.10. The predicted octanol–water partition coefficient (Wildman–Crippen LogP) is 13.0. The number of fused-ring (bicyclic) bond motifs is 8. The molecule has 0 saturated heterocycles. The van der Waals surface area contributed by atoms with E-state index in [9.17, 15) is 0 Å². The van der Waals surface area contributed by atoms with Gasteiger partial charge >= 0.3 is 0 Å². The summed E-state index contributed by atoms with van der Waals surface area (Å²) in [6.45, 7) is 0. The molecular formula is C46H32N2S. The minimum Gasteiger partial charge on any atom is -0.334 e. The fourth-order valence-corrected chi connectivity index (χ4v) is 8.88. The van der Waals surface area contributed by atoms with Gasteiger partial charge in [-0.25, -0.2) is 0 Å². The molecule has 7 aromatic carbocycles. The maximum atomic E-state index is 2.52. The summed E-state index contributed by atoms with van der Waals surface area (Å²) in [4.78, 5) is 2.52. The van der Waals surface area contributed by atoms with E-state index >= 15 is 0 Å². The number of hydrogen-bond donors (Lipinski definition) is 0. The summed E-state index contributed by atoms with van der Waals surface area (Å²) >= 11 is 1.87. The molecule has 232 valence electrons. The maximum Gasteiger partial charge on any atom is 0.0619 e. The van der Waals surface area contributed by atoms with Crippen molar-refractivity contribution in [1.29, 1.82) is 0 Å². The van der Waals surface area contributed by atoms with Crippen LogP contribution in [0, 0.1) is 0 Å². The van der Waals surface area contributed by atoms with Gasteiger partial charge in [0, 0.05) is 53.4 Å². The van der Waals surface area contributed by atoms with Gasteiger partial charge < -0.3 is 9.47 Å². The Kier molecular flexibility index (Phi) is 6.53. The smallest absolute Gasteiger partial charge is 0.0619 e. The van der Waals surface area contributed by atoms with E-state index in [0.717, 1.165) is 6.42 Å². The molecule has 2 nitrogen and oxygen atoms in total. The van der Waals surface area contributed by atoms with Crippen LogP contribution in [0.1, 0.15) is 6.42 Å². The van der Waals surface area contributed by atoms with Crippen LogP contribution < -0.4 is 4.90 Å². The number of allylic oxidation sites excluding steroid dienone is 2. The summed E-state index contributed by atoms with van der Waals surface area (Å²) in [5.74, 6) is 0. The molecule has 1 aliphatic carbocycles. The average molecular weight is 645 g/mol. The second kappa shape index (κ2) is 11.4. The van der Waals surface area contributed by atoms with E-state index in [-0.39, 0.29) is 6.04 Å². The van der Waals surface area contributed by atoms with Gasteiger partial charge in [0.05, 0.1) is 17.1 Å². The van der Waals surface area contributed by atoms with Crippen LogP contribution in [0.15, 0.2) is 176 Å². The number of nitrogens with zero attached hydrogens (tertiary/aromatic N) is 2. The number of benzene rings is 7. The van der Waals surface area contributed by atoms with E-state index in [4.69, 9.17) is 0 Å². The average Bonchev–Trinajstić information content (AvgIpc) is 3.72. The molecule has 0 radical (unpaired) electrons. The predicted molar refractivity (Wildman–Crippen MR) is 212 cm³/mol. The van der Waals surface area contributed by atoms with Crippen LogP contribution in [-0.2, 0) is 0 Å². The normalized spacial score (nSPS) is 14.7. The van der Waals surface area contributed by atoms with Crippen molar-refractivity contribution in [2.75, 3.05) is 4.90 Å². The van der Waals surface area contributed by atoms with Gasteiger partial charge in [0.25, 0.3) is 0 Å². The van der Waals surface area contributed by atoms with Crippen LogP contribution >= 0.6 is 11.3 Å². The van der Waals surface area contributed by atoms with Crippen molar-refractivity contribution in [3.05, 3.63) is 176 Å². The summed E-state index contributed by atoms with van der Waals surface area (Å²) in [5.41, 5.74) is 8.59. The number of para-hydroxylation sites is 1. The quantitative estimate of drug-likeness (QED) is 0.181. The first-order valence-electron chi connectivity index (χ1n) is 17.0. The molecule has 2 aromatic heterocycles. The number of anilines is 2. The number of aromatic nitrogens is 1. The van der Waals surface area contributed by atoms with Gasteiger partial charge in [-0.2, -0.15) is 0 Å². The monoisotopic (exact) mass is 644 g/mol. The summed E-state index contributed by atoms with van der Waals surface area (Å²) in [5, 5.41) is 7.77. The first kappa shape index (κ1) is 28.1. The largest absolute Gasteiger partial charge is 0.334 e.